The molecule has 2 aromatic heterocycles. The van der Waals surface area contributed by atoms with Crippen LogP contribution in [0, 0.1) is 6.92 Å². The highest BCUT2D eigenvalue weighted by molar-refractivity contribution is 7.99. The van der Waals surface area contributed by atoms with Crippen LogP contribution in [0.2, 0.25) is 0 Å². The molecule has 2 heterocycles. The van der Waals surface area contributed by atoms with Crippen molar-refractivity contribution in [1.29, 1.82) is 0 Å². The molecule has 18 heavy (non-hydrogen) atoms. The molecule has 94 valence electrons. The molecule has 3 rings (SSSR count). The Morgan fingerprint density at radius 2 is 2.17 bits per heavy atom. The maximum Gasteiger partial charge on any atom is 0.282 e. The van der Waals surface area contributed by atoms with Gasteiger partial charge in [0.15, 0.2) is 0 Å². The second-order valence-electron chi connectivity index (χ2n) is 4.16. The largest absolute Gasteiger partial charge is 0.416 e. The first-order valence-electron chi connectivity index (χ1n) is 5.79. The fraction of sp³-hybridized carbons (Fsp3) is 0.455. The summed E-state index contributed by atoms with van der Waals surface area (Å²) in [4.78, 5) is 8.99. The van der Waals surface area contributed by atoms with Crippen molar-refractivity contribution >= 4 is 17.6 Å². The van der Waals surface area contributed by atoms with Crippen molar-refractivity contribution < 1.29 is 4.42 Å². The molecule has 1 saturated carbocycles. The van der Waals surface area contributed by atoms with Crippen LogP contribution in [0.15, 0.2) is 20.7 Å². The third-order valence-corrected chi connectivity index (χ3v) is 3.38. The lowest BCUT2D eigenvalue weighted by atomic mass is 10.4. The Kier molecular flexibility index (Phi) is 2.91. The van der Waals surface area contributed by atoms with Crippen LogP contribution in [0.3, 0.4) is 0 Å². The summed E-state index contributed by atoms with van der Waals surface area (Å²) >= 11 is 1.37. The summed E-state index contributed by atoms with van der Waals surface area (Å²) in [5.41, 5.74) is 0. The molecule has 0 bridgehead atoms. The molecule has 1 N–H and O–H groups in total. The molecule has 0 amide bonds. The molecule has 0 atom stereocenters. The van der Waals surface area contributed by atoms with E-state index in [0.29, 0.717) is 17.0 Å². The average molecular weight is 263 g/mol. The molecule has 2 aromatic rings. The Morgan fingerprint density at radius 3 is 2.78 bits per heavy atom. The van der Waals surface area contributed by atoms with Gasteiger partial charge in [-0.3, -0.25) is 0 Å². The van der Waals surface area contributed by atoms with Crippen molar-refractivity contribution in [2.24, 2.45) is 0 Å². The summed E-state index contributed by atoms with van der Waals surface area (Å²) in [7, 11) is 1.85. The molecule has 1 aliphatic rings. The van der Waals surface area contributed by atoms with E-state index in [1.54, 1.807) is 6.92 Å². The molecule has 0 aromatic carbocycles. The minimum atomic E-state index is 0.509. The van der Waals surface area contributed by atoms with Crippen LogP contribution in [0.25, 0.3) is 0 Å². The van der Waals surface area contributed by atoms with Gasteiger partial charge in [-0.05, 0) is 24.6 Å². The van der Waals surface area contributed by atoms with Crippen LogP contribution in [0.1, 0.15) is 30.5 Å². The van der Waals surface area contributed by atoms with Crippen LogP contribution < -0.4 is 5.32 Å². The average Bonchev–Trinajstić information content (AvgIpc) is 3.14. The van der Waals surface area contributed by atoms with Gasteiger partial charge in [-0.15, -0.1) is 10.2 Å². The number of hydrogen-bond acceptors (Lipinski definition) is 7. The van der Waals surface area contributed by atoms with Gasteiger partial charge in [0.25, 0.3) is 5.22 Å². The van der Waals surface area contributed by atoms with Crippen LogP contribution in [0.5, 0.6) is 0 Å². The zero-order valence-corrected chi connectivity index (χ0v) is 11.0. The molecule has 0 radical (unpaired) electrons. The first kappa shape index (κ1) is 11.5. The van der Waals surface area contributed by atoms with E-state index in [1.165, 1.54) is 24.6 Å². The Bertz CT molecular complexity index is 566. The lowest BCUT2D eigenvalue weighted by Crippen LogP contribution is -2.00. The van der Waals surface area contributed by atoms with E-state index in [9.17, 15) is 0 Å². The summed E-state index contributed by atoms with van der Waals surface area (Å²) in [5, 5.41) is 12.1. The number of hydrogen-bond donors (Lipinski definition) is 1. The van der Waals surface area contributed by atoms with Crippen molar-refractivity contribution in [1.82, 2.24) is 20.2 Å². The Balaban J connectivity index is 1.88. The highest BCUT2D eigenvalue weighted by atomic mass is 32.2. The van der Waals surface area contributed by atoms with Gasteiger partial charge in [0.2, 0.25) is 5.89 Å². The Morgan fingerprint density at radius 1 is 1.33 bits per heavy atom. The van der Waals surface area contributed by atoms with Crippen molar-refractivity contribution in [2.75, 3.05) is 12.4 Å². The van der Waals surface area contributed by atoms with E-state index < -0.39 is 0 Å². The fourth-order valence-corrected chi connectivity index (χ4v) is 2.29. The number of aryl methyl sites for hydroxylation is 1. The second kappa shape index (κ2) is 4.56. The minimum absolute atomic E-state index is 0.509. The SMILES string of the molecule is CNc1cc(Sc2nnc(C)o2)nc(C2CC2)n1. The Hall–Kier alpha value is -1.63. The summed E-state index contributed by atoms with van der Waals surface area (Å²) in [6, 6.07) is 1.88. The number of aromatic nitrogens is 4. The van der Waals surface area contributed by atoms with E-state index in [2.05, 4.69) is 25.5 Å². The second-order valence-corrected chi connectivity index (χ2v) is 5.13. The molecule has 6 nitrogen and oxygen atoms in total. The first-order valence-corrected chi connectivity index (χ1v) is 6.61. The topological polar surface area (TPSA) is 76.7 Å². The molecule has 0 spiro atoms. The van der Waals surface area contributed by atoms with Crippen molar-refractivity contribution in [2.45, 2.75) is 35.9 Å². The number of nitrogens with one attached hydrogen (secondary N) is 1. The van der Waals surface area contributed by atoms with Gasteiger partial charge < -0.3 is 9.73 Å². The van der Waals surface area contributed by atoms with Crippen LogP contribution in [0.4, 0.5) is 5.82 Å². The van der Waals surface area contributed by atoms with Crippen LogP contribution in [-0.2, 0) is 0 Å². The first-order chi connectivity index (χ1) is 8.74. The molecule has 0 unspecified atom stereocenters. The summed E-state index contributed by atoms with van der Waals surface area (Å²) < 4.78 is 5.34. The lowest BCUT2D eigenvalue weighted by molar-refractivity contribution is 0.429. The van der Waals surface area contributed by atoms with E-state index in [4.69, 9.17) is 4.42 Å². The van der Waals surface area contributed by atoms with Gasteiger partial charge in [0.05, 0.1) is 0 Å². The molecule has 1 fully saturated rings. The number of rotatable bonds is 4. The van der Waals surface area contributed by atoms with Crippen molar-refractivity contribution in [3.05, 3.63) is 17.8 Å². The van der Waals surface area contributed by atoms with Gasteiger partial charge >= 0.3 is 0 Å². The van der Waals surface area contributed by atoms with Gasteiger partial charge in [0.1, 0.15) is 16.7 Å². The summed E-state index contributed by atoms with van der Waals surface area (Å²) in [6.07, 6.45) is 2.36. The number of anilines is 1. The molecule has 1 aliphatic carbocycles. The van der Waals surface area contributed by atoms with Crippen LogP contribution >= 0.6 is 11.8 Å². The van der Waals surface area contributed by atoms with Gasteiger partial charge in [-0.1, -0.05) is 0 Å². The van der Waals surface area contributed by atoms with Gasteiger partial charge in [-0.2, -0.15) is 0 Å². The van der Waals surface area contributed by atoms with Crippen molar-refractivity contribution in [3.63, 3.8) is 0 Å². The van der Waals surface area contributed by atoms with E-state index in [-0.39, 0.29) is 0 Å². The van der Waals surface area contributed by atoms with E-state index in [0.717, 1.165) is 16.7 Å². The zero-order valence-electron chi connectivity index (χ0n) is 10.2. The maximum absolute atomic E-state index is 5.34. The third-order valence-electron chi connectivity index (χ3n) is 2.62. The van der Waals surface area contributed by atoms with Gasteiger partial charge in [0, 0.05) is 26.0 Å². The molecule has 7 heteroatoms. The normalized spacial score (nSPS) is 14.8. The van der Waals surface area contributed by atoms with Gasteiger partial charge in [-0.25, -0.2) is 9.97 Å². The predicted octanol–water partition coefficient (Wildman–Crippen LogP) is 2.24. The standard InChI is InChI=1S/C11H13N5OS/c1-6-15-16-11(17-6)18-9-5-8(12-2)13-10(14-9)7-3-4-7/h5,7H,3-4H2,1-2H3,(H,12,13,14). The van der Waals surface area contributed by atoms with E-state index in [1.807, 2.05) is 13.1 Å². The minimum Gasteiger partial charge on any atom is -0.416 e. The van der Waals surface area contributed by atoms with E-state index >= 15 is 0 Å². The molecule has 0 aliphatic heterocycles. The monoisotopic (exact) mass is 263 g/mol. The number of nitrogens with zero attached hydrogens (tertiary/aromatic N) is 4. The quantitative estimate of drug-likeness (QED) is 0.847. The molecular formula is C11H13N5OS. The summed E-state index contributed by atoms with van der Waals surface area (Å²) in [5.74, 6) is 2.80. The lowest BCUT2D eigenvalue weighted by Gasteiger charge is -2.05. The highest BCUT2D eigenvalue weighted by Gasteiger charge is 2.27. The maximum atomic E-state index is 5.34. The summed E-state index contributed by atoms with van der Waals surface area (Å²) in [6.45, 7) is 1.77. The third kappa shape index (κ3) is 2.45. The van der Waals surface area contributed by atoms with Crippen LogP contribution in [-0.4, -0.2) is 27.2 Å². The van der Waals surface area contributed by atoms with Crippen molar-refractivity contribution in [3.8, 4) is 0 Å². The zero-order chi connectivity index (χ0) is 12.5. The Labute approximate surface area is 109 Å². The molecule has 0 saturated heterocycles. The molecular weight excluding hydrogens is 250 g/mol. The predicted molar refractivity (Wildman–Crippen MR) is 66.7 cm³/mol. The fourth-order valence-electron chi connectivity index (χ4n) is 1.56. The highest BCUT2D eigenvalue weighted by Crippen LogP contribution is 2.39. The smallest absolute Gasteiger partial charge is 0.282 e.